The van der Waals surface area contributed by atoms with E-state index in [1.165, 1.54) is 20.3 Å². The van der Waals surface area contributed by atoms with E-state index in [0.29, 0.717) is 46.4 Å². The highest BCUT2D eigenvalue weighted by Crippen LogP contribution is 2.38. The number of methoxy groups -OCH3 is 2. The summed E-state index contributed by atoms with van der Waals surface area (Å²) in [6.45, 7) is 1.57. The summed E-state index contributed by atoms with van der Waals surface area (Å²) in [7, 11) is 2.71. The van der Waals surface area contributed by atoms with Crippen LogP contribution in [0, 0.1) is 3.57 Å². The maximum Gasteiger partial charge on any atom is 0.416 e. The van der Waals surface area contributed by atoms with Gasteiger partial charge < -0.3 is 19.5 Å². The average molecular weight is 636 g/mol. The van der Waals surface area contributed by atoms with Crippen molar-refractivity contribution in [3.63, 3.8) is 0 Å². The number of carbonyl (C=O) groups excluding carboxylic acids is 3. The van der Waals surface area contributed by atoms with E-state index in [2.05, 4.69) is 27.9 Å². The van der Waals surface area contributed by atoms with E-state index in [1.54, 1.807) is 12.1 Å². The minimum Gasteiger partial charge on any atom is -0.495 e. The molecule has 0 spiro atoms. The first-order chi connectivity index (χ1) is 17.0. The summed E-state index contributed by atoms with van der Waals surface area (Å²) in [6.07, 6.45) is -3.15. The van der Waals surface area contributed by atoms with E-state index < -0.39 is 35.3 Å². The van der Waals surface area contributed by atoms with E-state index in [1.807, 2.05) is 6.92 Å². The number of halogens is 4. The summed E-state index contributed by atoms with van der Waals surface area (Å²) in [4.78, 5) is 38.6. The van der Waals surface area contributed by atoms with Gasteiger partial charge in [-0.2, -0.15) is 13.2 Å². The first-order valence-electron chi connectivity index (χ1n) is 10.3. The molecule has 192 valence electrons. The number of nitrogens with zero attached hydrogens (tertiary/aromatic N) is 1. The molecule has 1 heterocycles. The minimum atomic E-state index is -4.63. The van der Waals surface area contributed by atoms with Crippen molar-refractivity contribution in [3.8, 4) is 17.2 Å². The molecule has 2 aromatic rings. The number of amides is 3. The van der Waals surface area contributed by atoms with E-state index in [9.17, 15) is 27.6 Å². The molecule has 36 heavy (non-hydrogen) atoms. The van der Waals surface area contributed by atoms with Gasteiger partial charge in [-0.15, -0.1) is 0 Å². The Bertz CT molecular complexity index is 1240. The third kappa shape index (κ3) is 6.24. The standard InChI is InChI=1S/C23H20F3IN2O6S/c1-4-35-20-14(27)7-12(8-17(20)34-3)9-18-21(31)29(22(32)36-18)11-19(30)28-15-10-13(23(24,25)26)5-6-16(15)33-2/h5-10H,4,11H2,1-3H3,(H,28,30)/b18-9-. The highest BCUT2D eigenvalue weighted by molar-refractivity contribution is 14.1. The van der Waals surface area contributed by atoms with Crippen molar-refractivity contribution in [2.75, 3.05) is 32.7 Å². The molecule has 0 unspecified atom stereocenters. The average Bonchev–Trinajstić information content (AvgIpc) is 3.07. The number of thioether (sulfide) groups is 1. The molecule has 2 aromatic carbocycles. The normalized spacial score (nSPS) is 14.9. The van der Waals surface area contributed by atoms with Crippen LogP contribution in [-0.2, 0) is 15.8 Å². The summed E-state index contributed by atoms with van der Waals surface area (Å²) in [5.41, 5.74) is -0.660. The van der Waals surface area contributed by atoms with Crippen LogP contribution in [-0.4, -0.2) is 49.3 Å². The number of hydrogen-bond acceptors (Lipinski definition) is 7. The molecular formula is C23H20F3IN2O6S. The summed E-state index contributed by atoms with van der Waals surface area (Å²) in [5.74, 6) is -0.590. The molecule has 13 heteroatoms. The van der Waals surface area contributed by atoms with Crippen LogP contribution in [0.3, 0.4) is 0 Å². The summed E-state index contributed by atoms with van der Waals surface area (Å²) < 4.78 is 55.8. The van der Waals surface area contributed by atoms with Crippen LogP contribution in [0.5, 0.6) is 17.2 Å². The van der Waals surface area contributed by atoms with Gasteiger partial charge in [0.15, 0.2) is 11.5 Å². The van der Waals surface area contributed by atoms with Crippen LogP contribution in [0.15, 0.2) is 35.2 Å². The Balaban J connectivity index is 1.78. The Morgan fingerprint density at radius 3 is 2.44 bits per heavy atom. The summed E-state index contributed by atoms with van der Waals surface area (Å²) in [5, 5.41) is 1.59. The monoisotopic (exact) mass is 636 g/mol. The van der Waals surface area contributed by atoms with Crippen molar-refractivity contribution in [3.05, 3.63) is 49.9 Å². The number of benzene rings is 2. The number of rotatable bonds is 8. The van der Waals surface area contributed by atoms with Crippen molar-refractivity contribution in [1.29, 1.82) is 0 Å². The van der Waals surface area contributed by atoms with Gasteiger partial charge in [-0.1, -0.05) is 0 Å². The topological polar surface area (TPSA) is 94.2 Å². The van der Waals surface area contributed by atoms with Gasteiger partial charge in [0.2, 0.25) is 5.91 Å². The van der Waals surface area contributed by atoms with Crippen molar-refractivity contribution in [2.45, 2.75) is 13.1 Å². The predicted octanol–water partition coefficient (Wildman–Crippen LogP) is 5.40. The second-order valence-corrected chi connectivity index (χ2v) is 9.35. The SMILES string of the molecule is CCOc1c(I)cc(/C=C2\SC(=O)N(CC(=O)Nc3cc(C(F)(F)F)ccc3OC)C2=O)cc1OC. The number of anilines is 1. The maximum absolute atomic E-state index is 13.1. The Hall–Kier alpha value is -2.94. The van der Waals surface area contributed by atoms with Crippen LogP contribution in [0.2, 0.25) is 0 Å². The molecule has 0 aliphatic carbocycles. The van der Waals surface area contributed by atoms with Crippen LogP contribution in [0.25, 0.3) is 6.08 Å². The van der Waals surface area contributed by atoms with Gasteiger partial charge in [-0.25, -0.2) is 0 Å². The van der Waals surface area contributed by atoms with E-state index in [4.69, 9.17) is 14.2 Å². The molecule has 0 atom stereocenters. The van der Waals surface area contributed by atoms with E-state index in [-0.39, 0.29) is 16.3 Å². The molecule has 1 aliphatic heterocycles. The fourth-order valence-corrected chi connectivity index (χ4v) is 4.83. The highest BCUT2D eigenvalue weighted by atomic mass is 127. The fourth-order valence-electron chi connectivity index (χ4n) is 3.21. The van der Waals surface area contributed by atoms with Gasteiger partial charge in [0.1, 0.15) is 12.3 Å². The zero-order chi connectivity index (χ0) is 26.6. The molecule has 1 fully saturated rings. The lowest BCUT2D eigenvalue weighted by Crippen LogP contribution is -2.36. The first-order valence-corrected chi connectivity index (χ1v) is 12.2. The molecule has 0 bridgehead atoms. The molecule has 0 radical (unpaired) electrons. The van der Waals surface area contributed by atoms with E-state index in [0.717, 1.165) is 15.7 Å². The third-order valence-corrected chi connectivity index (χ3v) is 6.52. The third-order valence-electron chi connectivity index (χ3n) is 4.81. The quantitative estimate of drug-likeness (QED) is 0.307. The number of hydrogen-bond donors (Lipinski definition) is 1. The van der Waals surface area contributed by atoms with Gasteiger partial charge in [-0.3, -0.25) is 19.3 Å². The smallest absolute Gasteiger partial charge is 0.416 e. The predicted molar refractivity (Wildman–Crippen MR) is 136 cm³/mol. The Morgan fingerprint density at radius 2 is 1.83 bits per heavy atom. The number of nitrogens with one attached hydrogen (secondary N) is 1. The van der Waals surface area contributed by atoms with Crippen molar-refractivity contribution in [1.82, 2.24) is 4.90 Å². The number of carbonyl (C=O) groups is 3. The Labute approximate surface area is 222 Å². The lowest BCUT2D eigenvalue weighted by molar-refractivity contribution is -0.137. The fraction of sp³-hybridized carbons (Fsp3) is 0.261. The molecule has 0 saturated carbocycles. The van der Waals surface area contributed by atoms with Crippen LogP contribution in [0.4, 0.5) is 23.7 Å². The van der Waals surface area contributed by atoms with Crippen molar-refractivity contribution in [2.24, 2.45) is 0 Å². The lowest BCUT2D eigenvalue weighted by atomic mass is 10.1. The van der Waals surface area contributed by atoms with Crippen LogP contribution >= 0.6 is 34.4 Å². The zero-order valence-electron chi connectivity index (χ0n) is 19.2. The molecule has 1 aliphatic rings. The van der Waals surface area contributed by atoms with Gasteiger partial charge in [0, 0.05) is 0 Å². The van der Waals surface area contributed by atoms with Crippen molar-refractivity contribution < 1.29 is 41.8 Å². The van der Waals surface area contributed by atoms with Gasteiger partial charge in [0.25, 0.3) is 11.1 Å². The molecular weight excluding hydrogens is 616 g/mol. The number of ether oxygens (including phenoxy) is 3. The molecule has 3 rings (SSSR count). The lowest BCUT2D eigenvalue weighted by Gasteiger charge is -2.16. The van der Waals surface area contributed by atoms with Crippen LogP contribution in [0.1, 0.15) is 18.1 Å². The summed E-state index contributed by atoms with van der Waals surface area (Å²) in [6, 6.07) is 5.98. The Kier molecular flexibility index (Phi) is 8.76. The molecule has 0 aromatic heterocycles. The largest absolute Gasteiger partial charge is 0.495 e. The second kappa shape index (κ2) is 11.4. The highest BCUT2D eigenvalue weighted by Gasteiger charge is 2.37. The van der Waals surface area contributed by atoms with Gasteiger partial charge in [0.05, 0.1) is 40.6 Å². The van der Waals surface area contributed by atoms with E-state index >= 15 is 0 Å². The van der Waals surface area contributed by atoms with Crippen molar-refractivity contribution >= 4 is 63.2 Å². The second-order valence-electron chi connectivity index (χ2n) is 7.20. The zero-order valence-corrected chi connectivity index (χ0v) is 22.2. The molecule has 1 N–H and O–H groups in total. The number of imide groups is 1. The molecule has 3 amide bonds. The number of alkyl halides is 3. The summed E-state index contributed by atoms with van der Waals surface area (Å²) >= 11 is 2.70. The first kappa shape index (κ1) is 27.6. The maximum atomic E-state index is 13.1. The minimum absolute atomic E-state index is 0.00978. The Morgan fingerprint density at radius 1 is 1.14 bits per heavy atom. The molecule has 8 nitrogen and oxygen atoms in total. The van der Waals surface area contributed by atoms with Gasteiger partial charge in [-0.05, 0) is 83.2 Å². The molecule has 1 saturated heterocycles. The van der Waals surface area contributed by atoms with Crippen LogP contribution < -0.4 is 19.5 Å². The van der Waals surface area contributed by atoms with Gasteiger partial charge >= 0.3 is 6.18 Å².